The molecule has 0 heterocycles. The minimum Gasteiger partial charge on any atom is -0.301 e. The predicted octanol–water partition coefficient (Wildman–Crippen LogP) is 4.45. The summed E-state index contributed by atoms with van der Waals surface area (Å²) in [6, 6.07) is 0.898. The lowest BCUT2D eigenvalue weighted by molar-refractivity contribution is 0.154. The molecule has 96 valence electrons. The highest BCUT2D eigenvalue weighted by Crippen LogP contribution is 2.23. The zero-order chi connectivity index (χ0) is 11.8. The van der Waals surface area contributed by atoms with Crippen molar-refractivity contribution >= 4 is 15.9 Å². The summed E-state index contributed by atoms with van der Waals surface area (Å²) in [7, 11) is 0. The Morgan fingerprint density at radius 3 is 2.44 bits per heavy atom. The molecule has 16 heavy (non-hydrogen) atoms. The van der Waals surface area contributed by atoms with E-state index in [2.05, 4.69) is 34.7 Å². The molecule has 1 fully saturated rings. The van der Waals surface area contributed by atoms with Gasteiger partial charge >= 0.3 is 0 Å². The van der Waals surface area contributed by atoms with Gasteiger partial charge in [0.2, 0.25) is 0 Å². The van der Waals surface area contributed by atoms with Gasteiger partial charge in [0.15, 0.2) is 0 Å². The molecule has 0 saturated heterocycles. The van der Waals surface area contributed by atoms with Crippen molar-refractivity contribution in [1.29, 1.82) is 0 Å². The third kappa shape index (κ3) is 5.18. The van der Waals surface area contributed by atoms with Crippen LogP contribution < -0.4 is 0 Å². The van der Waals surface area contributed by atoms with E-state index in [4.69, 9.17) is 0 Å². The van der Waals surface area contributed by atoms with Gasteiger partial charge in [-0.2, -0.15) is 0 Å². The number of nitrogens with zero attached hydrogens (tertiary/aromatic N) is 1. The fourth-order valence-corrected chi connectivity index (χ4v) is 3.54. The monoisotopic (exact) mass is 289 g/mol. The normalized spacial score (nSPS) is 20.2. The molecule has 0 aromatic rings. The molecule has 1 nitrogen and oxygen atoms in total. The molecule has 0 radical (unpaired) electrons. The van der Waals surface area contributed by atoms with Crippen molar-refractivity contribution in [3.8, 4) is 0 Å². The molecule has 1 unspecified atom stereocenters. The molecule has 1 aliphatic carbocycles. The van der Waals surface area contributed by atoms with Gasteiger partial charge in [0, 0.05) is 11.4 Å². The molecule has 1 atom stereocenters. The zero-order valence-electron chi connectivity index (χ0n) is 11.1. The maximum Gasteiger partial charge on any atom is 0.00951 e. The SMILES string of the molecule is CCN(CCC(C)CCBr)C1CCCCC1. The van der Waals surface area contributed by atoms with E-state index >= 15 is 0 Å². The van der Waals surface area contributed by atoms with Crippen LogP contribution in [0, 0.1) is 5.92 Å². The summed E-state index contributed by atoms with van der Waals surface area (Å²) in [4.78, 5) is 2.73. The molecular formula is C14H28BrN. The number of alkyl halides is 1. The summed E-state index contributed by atoms with van der Waals surface area (Å²) in [6.45, 7) is 7.26. The number of rotatable bonds is 7. The highest BCUT2D eigenvalue weighted by Gasteiger charge is 2.19. The second-order valence-electron chi connectivity index (χ2n) is 5.29. The Labute approximate surface area is 110 Å². The van der Waals surface area contributed by atoms with Gasteiger partial charge in [-0.15, -0.1) is 0 Å². The van der Waals surface area contributed by atoms with Crippen LogP contribution in [0.2, 0.25) is 0 Å². The molecule has 0 aromatic heterocycles. The van der Waals surface area contributed by atoms with Gasteiger partial charge in [0.1, 0.15) is 0 Å². The molecule has 1 saturated carbocycles. The summed E-state index contributed by atoms with van der Waals surface area (Å²) >= 11 is 3.54. The van der Waals surface area contributed by atoms with E-state index in [-0.39, 0.29) is 0 Å². The average molecular weight is 290 g/mol. The first-order valence-corrected chi connectivity index (χ1v) is 8.20. The van der Waals surface area contributed by atoms with Crippen LogP contribution in [0.4, 0.5) is 0 Å². The van der Waals surface area contributed by atoms with Crippen molar-refractivity contribution in [3.63, 3.8) is 0 Å². The minimum absolute atomic E-state index is 0.872. The molecule has 0 amide bonds. The highest BCUT2D eigenvalue weighted by atomic mass is 79.9. The van der Waals surface area contributed by atoms with Crippen LogP contribution in [0.5, 0.6) is 0 Å². The van der Waals surface area contributed by atoms with Crippen molar-refractivity contribution < 1.29 is 0 Å². The molecule has 2 heteroatoms. The first-order chi connectivity index (χ1) is 7.77. The van der Waals surface area contributed by atoms with Crippen LogP contribution in [0.25, 0.3) is 0 Å². The van der Waals surface area contributed by atoms with Crippen LogP contribution in [0.1, 0.15) is 58.8 Å². The quantitative estimate of drug-likeness (QED) is 0.626. The smallest absolute Gasteiger partial charge is 0.00951 e. The number of halogens is 1. The van der Waals surface area contributed by atoms with E-state index in [1.807, 2.05) is 0 Å². The van der Waals surface area contributed by atoms with E-state index in [0.29, 0.717) is 0 Å². The molecule has 0 bridgehead atoms. The number of hydrogen-bond donors (Lipinski definition) is 0. The maximum atomic E-state index is 3.54. The van der Waals surface area contributed by atoms with Crippen molar-refractivity contribution in [1.82, 2.24) is 4.90 Å². The van der Waals surface area contributed by atoms with E-state index in [1.165, 1.54) is 58.0 Å². The standard InChI is InChI=1S/C14H28BrN/c1-3-16(12-10-13(2)9-11-15)14-7-5-4-6-8-14/h13-14H,3-12H2,1-2H3. The molecule has 0 N–H and O–H groups in total. The van der Waals surface area contributed by atoms with Gasteiger partial charge in [-0.3, -0.25) is 0 Å². The van der Waals surface area contributed by atoms with Crippen molar-refractivity contribution in [2.75, 3.05) is 18.4 Å². The topological polar surface area (TPSA) is 3.24 Å². The molecule has 0 aliphatic heterocycles. The van der Waals surface area contributed by atoms with Crippen molar-refractivity contribution in [2.24, 2.45) is 5.92 Å². The molecule has 1 aliphatic rings. The van der Waals surface area contributed by atoms with Crippen LogP contribution in [0.15, 0.2) is 0 Å². The van der Waals surface area contributed by atoms with Crippen LogP contribution in [-0.4, -0.2) is 29.4 Å². The van der Waals surface area contributed by atoms with Gasteiger partial charge in [-0.25, -0.2) is 0 Å². The largest absolute Gasteiger partial charge is 0.301 e. The Morgan fingerprint density at radius 2 is 1.88 bits per heavy atom. The van der Waals surface area contributed by atoms with Gasteiger partial charge in [0.05, 0.1) is 0 Å². The highest BCUT2D eigenvalue weighted by molar-refractivity contribution is 9.09. The van der Waals surface area contributed by atoms with Crippen molar-refractivity contribution in [2.45, 2.75) is 64.8 Å². The van der Waals surface area contributed by atoms with Gasteiger partial charge in [-0.05, 0) is 44.7 Å². The second kappa shape index (κ2) is 8.52. The van der Waals surface area contributed by atoms with Gasteiger partial charge in [0.25, 0.3) is 0 Å². The van der Waals surface area contributed by atoms with Gasteiger partial charge in [-0.1, -0.05) is 49.0 Å². The maximum absolute atomic E-state index is 3.54. The van der Waals surface area contributed by atoms with E-state index in [1.54, 1.807) is 0 Å². The third-order valence-electron chi connectivity index (χ3n) is 4.01. The van der Waals surface area contributed by atoms with E-state index in [9.17, 15) is 0 Å². The first kappa shape index (κ1) is 14.5. The summed E-state index contributed by atoms with van der Waals surface area (Å²) in [6.07, 6.45) is 9.96. The molecule has 0 spiro atoms. The first-order valence-electron chi connectivity index (χ1n) is 7.08. The average Bonchev–Trinajstić information content (AvgIpc) is 2.31. The lowest BCUT2D eigenvalue weighted by atomic mass is 9.93. The van der Waals surface area contributed by atoms with Crippen LogP contribution in [-0.2, 0) is 0 Å². The van der Waals surface area contributed by atoms with E-state index < -0.39 is 0 Å². The van der Waals surface area contributed by atoms with Crippen LogP contribution >= 0.6 is 15.9 Å². The lowest BCUT2D eigenvalue weighted by Crippen LogP contribution is -2.37. The summed E-state index contributed by atoms with van der Waals surface area (Å²) < 4.78 is 0. The Kier molecular flexibility index (Phi) is 7.72. The zero-order valence-corrected chi connectivity index (χ0v) is 12.6. The predicted molar refractivity (Wildman–Crippen MR) is 76.3 cm³/mol. The Hall–Kier alpha value is 0.440. The van der Waals surface area contributed by atoms with E-state index in [0.717, 1.165) is 17.3 Å². The fraction of sp³-hybridized carbons (Fsp3) is 1.00. The van der Waals surface area contributed by atoms with Crippen molar-refractivity contribution in [3.05, 3.63) is 0 Å². The molecule has 1 rings (SSSR count). The summed E-state index contributed by atoms with van der Waals surface area (Å²) in [5.74, 6) is 0.872. The minimum atomic E-state index is 0.872. The fourth-order valence-electron chi connectivity index (χ4n) is 2.76. The molecule has 0 aromatic carbocycles. The Morgan fingerprint density at radius 1 is 1.19 bits per heavy atom. The number of hydrogen-bond acceptors (Lipinski definition) is 1. The Balaban J connectivity index is 2.24. The second-order valence-corrected chi connectivity index (χ2v) is 6.08. The van der Waals surface area contributed by atoms with Gasteiger partial charge < -0.3 is 4.90 Å². The lowest BCUT2D eigenvalue weighted by Gasteiger charge is -2.34. The summed E-state index contributed by atoms with van der Waals surface area (Å²) in [5.41, 5.74) is 0. The summed E-state index contributed by atoms with van der Waals surface area (Å²) in [5, 5.41) is 1.16. The Bertz CT molecular complexity index is 166. The third-order valence-corrected chi connectivity index (χ3v) is 4.47. The molecular weight excluding hydrogens is 262 g/mol. The van der Waals surface area contributed by atoms with Crippen LogP contribution in [0.3, 0.4) is 0 Å².